The van der Waals surface area contributed by atoms with Crippen LogP contribution in [0.25, 0.3) is 10.9 Å². The van der Waals surface area contributed by atoms with Crippen LogP contribution in [0, 0.1) is 13.8 Å². The maximum Gasteiger partial charge on any atom is 0.0488 e. The molecule has 2 aromatic rings. The number of aryl methyl sites for hydroxylation is 2. The fourth-order valence-corrected chi connectivity index (χ4v) is 2.10. The second-order valence-electron chi connectivity index (χ2n) is 4.17. The van der Waals surface area contributed by atoms with Gasteiger partial charge in [0.05, 0.1) is 0 Å². The molecule has 0 saturated carbocycles. The Morgan fingerprint density at radius 3 is 2.60 bits per heavy atom. The van der Waals surface area contributed by atoms with Crippen molar-refractivity contribution in [2.75, 3.05) is 7.05 Å². The zero-order chi connectivity index (χ0) is 11.0. The minimum absolute atomic E-state index is 0.372. The topological polar surface area (TPSA) is 27.8 Å². The van der Waals surface area contributed by atoms with Crippen molar-refractivity contribution >= 4 is 10.9 Å². The van der Waals surface area contributed by atoms with E-state index in [9.17, 15) is 0 Å². The van der Waals surface area contributed by atoms with E-state index in [1.807, 2.05) is 7.05 Å². The van der Waals surface area contributed by atoms with Crippen molar-refractivity contribution in [1.82, 2.24) is 10.3 Å². The molecule has 0 fully saturated rings. The molecule has 80 valence electrons. The van der Waals surface area contributed by atoms with Gasteiger partial charge in [-0.15, -0.1) is 0 Å². The number of aromatic amines is 1. The highest BCUT2D eigenvalue weighted by atomic mass is 14.9. The van der Waals surface area contributed by atoms with E-state index in [2.05, 4.69) is 49.3 Å². The first-order chi connectivity index (χ1) is 7.15. The molecule has 1 atom stereocenters. The van der Waals surface area contributed by atoms with Gasteiger partial charge >= 0.3 is 0 Å². The van der Waals surface area contributed by atoms with Gasteiger partial charge in [-0.3, -0.25) is 0 Å². The summed E-state index contributed by atoms with van der Waals surface area (Å²) in [6, 6.07) is 6.81. The molecule has 1 heterocycles. The Morgan fingerprint density at radius 2 is 2.00 bits per heavy atom. The molecule has 1 unspecified atom stereocenters. The van der Waals surface area contributed by atoms with Crippen molar-refractivity contribution < 1.29 is 0 Å². The minimum Gasteiger partial charge on any atom is -0.357 e. The summed E-state index contributed by atoms with van der Waals surface area (Å²) in [5, 5.41) is 4.61. The molecular formula is C13H18N2. The highest BCUT2D eigenvalue weighted by Crippen LogP contribution is 2.27. The van der Waals surface area contributed by atoms with E-state index < -0.39 is 0 Å². The van der Waals surface area contributed by atoms with Crippen molar-refractivity contribution in [3.05, 3.63) is 35.0 Å². The van der Waals surface area contributed by atoms with Crippen LogP contribution >= 0.6 is 0 Å². The molecule has 0 saturated heterocycles. The SMILES string of the molecule is CNC(C)c1[nH]c2c(C)cccc2c1C. The summed E-state index contributed by atoms with van der Waals surface area (Å²) in [5.41, 5.74) is 5.23. The van der Waals surface area contributed by atoms with Crippen LogP contribution in [-0.2, 0) is 0 Å². The third kappa shape index (κ3) is 1.55. The fourth-order valence-electron chi connectivity index (χ4n) is 2.10. The van der Waals surface area contributed by atoms with Gasteiger partial charge < -0.3 is 10.3 Å². The third-order valence-corrected chi connectivity index (χ3v) is 3.21. The highest BCUT2D eigenvalue weighted by molar-refractivity contribution is 5.87. The van der Waals surface area contributed by atoms with Crippen LogP contribution in [-0.4, -0.2) is 12.0 Å². The van der Waals surface area contributed by atoms with E-state index in [1.54, 1.807) is 0 Å². The molecule has 0 aliphatic rings. The Hall–Kier alpha value is -1.28. The number of fused-ring (bicyclic) bond motifs is 1. The Labute approximate surface area is 90.7 Å². The van der Waals surface area contributed by atoms with Gasteiger partial charge in [0, 0.05) is 22.6 Å². The molecule has 1 aromatic carbocycles. The molecule has 0 radical (unpaired) electrons. The quantitative estimate of drug-likeness (QED) is 0.769. The molecule has 0 bridgehead atoms. The number of benzene rings is 1. The lowest BCUT2D eigenvalue weighted by Crippen LogP contribution is -2.13. The number of H-pyrrole nitrogens is 1. The minimum atomic E-state index is 0.372. The van der Waals surface area contributed by atoms with Gasteiger partial charge in [0.15, 0.2) is 0 Å². The van der Waals surface area contributed by atoms with Gasteiger partial charge in [0.25, 0.3) is 0 Å². The lowest BCUT2D eigenvalue weighted by molar-refractivity contribution is 0.634. The van der Waals surface area contributed by atoms with Crippen molar-refractivity contribution in [3.63, 3.8) is 0 Å². The van der Waals surface area contributed by atoms with Gasteiger partial charge in [0.1, 0.15) is 0 Å². The second kappa shape index (κ2) is 3.70. The monoisotopic (exact) mass is 202 g/mol. The smallest absolute Gasteiger partial charge is 0.0488 e. The molecule has 2 nitrogen and oxygen atoms in total. The average molecular weight is 202 g/mol. The van der Waals surface area contributed by atoms with Crippen LogP contribution in [0.5, 0.6) is 0 Å². The van der Waals surface area contributed by atoms with E-state index in [0.717, 1.165) is 0 Å². The summed E-state index contributed by atoms with van der Waals surface area (Å²) < 4.78 is 0. The third-order valence-electron chi connectivity index (χ3n) is 3.21. The average Bonchev–Trinajstić information content (AvgIpc) is 2.57. The van der Waals surface area contributed by atoms with Gasteiger partial charge in [-0.1, -0.05) is 18.2 Å². The van der Waals surface area contributed by atoms with E-state index in [1.165, 1.54) is 27.7 Å². The Balaban J connectivity index is 2.69. The number of hydrogen-bond donors (Lipinski definition) is 2. The van der Waals surface area contributed by atoms with E-state index in [-0.39, 0.29) is 0 Å². The summed E-state index contributed by atoms with van der Waals surface area (Å²) >= 11 is 0. The largest absolute Gasteiger partial charge is 0.357 e. The highest BCUT2D eigenvalue weighted by Gasteiger charge is 2.12. The second-order valence-corrected chi connectivity index (χ2v) is 4.17. The molecule has 15 heavy (non-hydrogen) atoms. The van der Waals surface area contributed by atoms with Gasteiger partial charge in [-0.2, -0.15) is 0 Å². The molecule has 0 aliphatic carbocycles. The Bertz CT molecular complexity index is 482. The van der Waals surface area contributed by atoms with Crippen LogP contribution in [0.2, 0.25) is 0 Å². The number of aromatic nitrogens is 1. The Morgan fingerprint density at radius 1 is 1.27 bits per heavy atom. The molecule has 0 aliphatic heterocycles. The summed E-state index contributed by atoms with van der Waals surface area (Å²) in [6.45, 7) is 6.50. The molecule has 0 amide bonds. The lowest BCUT2D eigenvalue weighted by Gasteiger charge is -2.08. The standard InChI is InChI=1S/C13H18N2/c1-8-6-5-7-11-9(2)13(10(3)14-4)15-12(8)11/h5-7,10,14-15H,1-4H3. The fraction of sp³-hybridized carbons (Fsp3) is 0.385. The van der Waals surface area contributed by atoms with E-state index in [4.69, 9.17) is 0 Å². The van der Waals surface area contributed by atoms with Crippen LogP contribution in [0.3, 0.4) is 0 Å². The first kappa shape index (κ1) is 10.2. The van der Waals surface area contributed by atoms with Gasteiger partial charge in [-0.25, -0.2) is 0 Å². The molecule has 2 heteroatoms. The van der Waals surface area contributed by atoms with E-state index >= 15 is 0 Å². The maximum atomic E-state index is 3.52. The van der Waals surface area contributed by atoms with Crippen molar-refractivity contribution in [1.29, 1.82) is 0 Å². The van der Waals surface area contributed by atoms with Crippen molar-refractivity contribution in [3.8, 4) is 0 Å². The first-order valence-electron chi connectivity index (χ1n) is 5.40. The normalized spacial score (nSPS) is 13.3. The summed E-state index contributed by atoms with van der Waals surface area (Å²) in [4.78, 5) is 3.52. The van der Waals surface area contributed by atoms with Crippen LogP contribution in [0.4, 0.5) is 0 Å². The molecule has 2 N–H and O–H groups in total. The lowest BCUT2D eigenvalue weighted by atomic mass is 10.1. The molecule has 2 rings (SSSR count). The maximum absolute atomic E-state index is 3.52. The first-order valence-corrected chi connectivity index (χ1v) is 5.40. The van der Waals surface area contributed by atoms with Crippen LogP contribution in [0.15, 0.2) is 18.2 Å². The van der Waals surface area contributed by atoms with Gasteiger partial charge in [0.2, 0.25) is 0 Å². The number of rotatable bonds is 2. The summed E-state index contributed by atoms with van der Waals surface area (Å²) in [5.74, 6) is 0. The number of nitrogens with one attached hydrogen (secondary N) is 2. The molecular weight excluding hydrogens is 184 g/mol. The van der Waals surface area contributed by atoms with E-state index in [0.29, 0.717) is 6.04 Å². The number of hydrogen-bond acceptors (Lipinski definition) is 1. The zero-order valence-electron chi connectivity index (χ0n) is 9.81. The summed E-state index contributed by atoms with van der Waals surface area (Å²) in [7, 11) is 1.99. The van der Waals surface area contributed by atoms with Crippen LogP contribution < -0.4 is 5.32 Å². The molecule has 0 spiro atoms. The predicted molar refractivity (Wildman–Crippen MR) is 65.2 cm³/mol. The predicted octanol–water partition coefficient (Wildman–Crippen LogP) is 3.07. The summed E-state index contributed by atoms with van der Waals surface area (Å²) in [6.07, 6.45) is 0. The van der Waals surface area contributed by atoms with Crippen molar-refractivity contribution in [2.45, 2.75) is 26.8 Å². The van der Waals surface area contributed by atoms with Crippen molar-refractivity contribution in [2.24, 2.45) is 0 Å². The zero-order valence-corrected chi connectivity index (χ0v) is 9.81. The Kier molecular flexibility index (Phi) is 2.53. The number of para-hydroxylation sites is 1. The van der Waals surface area contributed by atoms with Crippen LogP contribution in [0.1, 0.15) is 29.8 Å². The molecule has 1 aromatic heterocycles. The van der Waals surface area contributed by atoms with Gasteiger partial charge in [-0.05, 0) is 38.9 Å².